The number of ether oxygens (including phenoxy) is 1. The molecule has 36 heavy (non-hydrogen) atoms. The molecule has 0 bridgehead atoms. The average molecular weight is 497 g/mol. The van der Waals surface area contributed by atoms with Crippen molar-refractivity contribution in [2.45, 2.75) is 51.3 Å². The van der Waals surface area contributed by atoms with Crippen molar-refractivity contribution >= 4 is 5.82 Å². The zero-order chi connectivity index (χ0) is 25.0. The highest BCUT2D eigenvalue weighted by molar-refractivity contribution is 5.68. The van der Waals surface area contributed by atoms with Crippen LogP contribution in [0.25, 0.3) is 11.1 Å². The molecule has 2 aliphatic carbocycles. The second-order valence-electron chi connectivity index (χ2n) is 10.4. The predicted octanol–water partition coefficient (Wildman–Crippen LogP) is 7.21. The number of pyridine rings is 1. The second-order valence-corrected chi connectivity index (χ2v) is 10.4. The van der Waals surface area contributed by atoms with Crippen molar-refractivity contribution in [3.63, 3.8) is 0 Å². The van der Waals surface area contributed by atoms with E-state index in [1.54, 1.807) is 12.1 Å². The lowest BCUT2D eigenvalue weighted by Crippen LogP contribution is -2.39. The Kier molecular flexibility index (Phi) is 5.69. The fourth-order valence-corrected chi connectivity index (χ4v) is 5.83. The maximum atomic E-state index is 14.6. The summed E-state index contributed by atoms with van der Waals surface area (Å²) in [6, 6.07) is 14.9. The van der Waals surface area contributed by atoms with Crippen molar-refractivity contribution in [1.29, 1.82) is 0 Å². The predicted molar refractivity (Wildman–Crippen MR) is 131 cm³/mol. The molecule has 0 spiro atoms. The maximum Gasteiger partial charge on any atom is 0.391 e. The number of aromatic nitrogens is 1. The Labute approximate surface area is 208 Å². The van der Waals surface area contributed by atoms with Crippen LogP contribution in [0, 0.1) is 24.6 Å². The number of alkyl halides is 3. The molecule has 1 aromatic heterocycles. The smallest absolute Gasteiger partial charge is 0.391 e. The Hall–Kier alpha value is -3.09. The zero-order valence-electron chi connectivity index (χ0n) is 20.1. The number of hydrogen-bond donors (Lipinski definition) is 0. The number of halogens is 4. The lowest BCUT2D eigenvalue weighted by Gasteiger charge is -2.33. The molecule has 188 valence electrons. The monoisotopic (exact) mass is 496 g/mol. The lowest BCUT2D eigenvalue weighted by atomic mass is 9.96. The second kappa shape index (κ2) is 8.79. The highest BCUT2D eigenvalue weighted by Crippen LogP contribution is 2.56. The minimum Gasteiger partial charge on any atom is -0.489 e. The Balaban J connectivity index is 1.15. The van der Waals surface area contributed by atoms with E-state index >= 15 is 0 Å². The molecule has 3 nitrogen and oxygen atoms in total. The van der Waals surface area contributed by atoms with Crippen molar-refractivity contribution < 1.29 is 22.3 Å². The van der Waals surface area contributed by atoms with Crippen molar-refractivity contribution in [2.75, 3.05) is 18.0 Å². The third kappa shape index (κ3) is 4.44. The van der Waals surface area contributed by atoms with Gasteiger partial charge in [0.25, 0.3) is 0 Å². The number of aryl methyl sites for hydroxylation is 1. The van der Waals surface area contributed by atoms with E-state index in [-0.39, 0.29) is 25.3 Å². The highest BCUT2D eigenvalue weighted by atomic mass is 19.4. The molecule has 2 aromatic carbocycles. The van der Waals surface area contributed by atoms with Gasteiger partial charge in [0.2, 0.25) is 0 Å². The molecule has 1 aliphatic heterocycles. The third-order valence-electron chi connectivity index (χ3n) is 8.02. The van der Waals surface area contributed by atoms with Crippen LogP contribution in [0.5, 0.6) is 5.75 Å². The maximum absolute atomic E-state index is 14.6. The number of fused-ring (bicyclic) bond motifs is 3. The highest BCUT2D eigenvalue weighted by Gasteiger charge is 2.45. The van der Waals surface area contributed by atoms with Crippen LogP contribution in [0.1, 0.15) is 47.6 Å². The van der Waals surface area contributed by atoms with Gasteiger partial charge in [0, 0.05) is 29.9 Å². The quantitative estimate of drug-likeness (QED) is 0.349. The van der Waals surface area contributed by atoms with Gasteiger partial charge >= 0.3 is 6.18 Å². The Bertz CT molecular complexity index is 1300. The summed E-state index contributed by atoms with van der Waals surface area (Å²) in [7, 11) is 0. The SMILES string of the molecule is Cc1nc(N2CCC(C(F)(F)F)CC2)ccc1-c1ccc(F)c(COc2ccc3c(c2)CC2CC32)c1. The fourth-order valence-electron chi connectivity index (χ4n) is 5.83. The molecule has 0 amide bonds. The van der Waals surface area contributed by atoms with Gasteiger partial charge in [-0.1, -0.05) is 12.1 Å². The number of hydrogen-bond acceptors (Lipinski definition) is 3. The lowest BCUT2D eigenvalue weighted by molar-refractivity contribution is -0.179. The molecule has 0 N–H and O–H groups in total. The number of anilines is 1. The Morgan fingerprint density at radius 2 is 1.83 bits per heavy atom. The first kappa shape index (κ1) is 23.3. The van der Waals surface area contributed by atoms with Crippen molar-refractivity contribution in [2.24, 2.45) is 11.8 Å². The van der Waals surface area contributed by atoms with Crippen LogP contribution in [0.2, 0.25) is 0 Å². The summed E-state index contributed by atoms with van der Waals surface area (Å²) in [5.41, 5.74) is 5.71. The summed E-state index contributed by atoms with van der Waals surface area (Å²) in [4.78, 5) is 6.57. The average Bonchev–Trinajstić information content (AvgIpc) is 3.53. The van der Waals surface area contributed by atoms with Gasteiger partial charge in [-0.2, -0.15) is 13.2 Å². The van der Waals surface area contributed by atoms with Crippen LogP contribution in [-0.2, 0) is 13.0 Å². The molecule has 1 saturated heterocycles. The van der Waals surface area contributed by atoms with E-state index in [9.17, 15) is 17.6 Å². The Morgan fingerprint density at radius 1 is 1.03 bits per heavy atom. The molecule has 7 heteroatoms. The zero-order valence-corrected chi connectivity index (χ0v) is 20.1. The van der Waals surface area contributed by atoms with E-state index in [0.29, 0.717) is 24.5 Å². The standard InChI is InChI=1S/C29H28F4N2O/c1-17-24(5-7-28(34-17)35-10-8-22(9-11-35)29(31,32)33)18-2-6-27(30)21(12-18)16-36-23-3-4-25-19(14-23)13-20-15-26(20)25/h2-7,12,14,20,22,26H,8-11,13,15-16H2,1H3. The van der Waals surface area contributed by atoms with E-state index in [0.717, 1.165) is 40.8 Å². The van der Waals surface area contributed by atoms with Crippen LogP contribution < -0.4 is 9.64 Å². The third-order valence-corrected chi connectivity index (χ3v) is 8.02. The number of benzene rings is 2. The van der Waals surface area contributed by atoms with Crippen molar-refractivity contribution in [3.05, 3.63) is 76.7 Å². The summed E-state index contributed by atoms with van der Waals surface area (Å²) < 4.78 is 59.5. The van der Waals surface area contributed by atoms with E-state index in [1.807, 2.05) is 30.0 Å². The number of rotatable bonds is 5. The largest absolute Gasteiger partial charge is 0.489 e. The van der Waals surface area contributed by atoms with Gasteiger partial charge < -0.3 is 9.64 Å². The molecule has 2 heterocycles. The first-order valence-corrected chi connectivity index (χ1v) is 12.6. The minimum absolute atomic E-state index is 0.0820. The molecule has 1 saturated carbocycles. The molecule has 2 fully saturated rings. The molecular formula is C29H28F4N2O. The van der Waals surface area contributed by atoms with Gasteiger partial charge in [0.1, 0.15) is 24.0 Å². The summed E-state index contributed by atoms with van der Waals surface area (Å²) in [6.45, 7) is 2.66. The van der Waals surface area contributed by atoms with Gasteiger partial charge in [-0.25, -0.2) is 9.37 Å². The molecular weight excluding hydrogens is 468 g/mol. The van der Waals surface area contributed by atoms with Crippen LogP contribution in [-0.4, -0.2) is 24.2 Å². The van der Waals surface area contributed by atoms with Crippen LogP contribution in [0.15, 0.2) is 48.5 Å². The summed E-state index contributed by atoms with van der Waals surface area (Å²) in [6.07, 6.45) is -1.55. The molecule has 6 rings (SSSR count). The van der Waals surface area contributed by atoms with Gasteiger partial charge in [-0.3, -0.25) is 0 Å². The first-order chi connectivity index (χ1) is 17.3. The summed E-state index contributed by atoms with van der Waals surface area (Å²) >= 11 is 0. The van der Waals surface area contributed by atoms with E-state index in [1.165, 1.54) is 23.6 Å². The van der Waals surface area contributed by atoms with Gasteiger partial charge in [-0.15, -0.1) is 0 Å². The van der Waals surface area contributed by atoms with Crippen LogP contribution in [0.3, 0.4) is 0 Å². The van der Waals surface area contributed by atoms with Crippen LogP contribution in [0.4, 0.5) is 23.4 Å². The van der Waals surface area contributed by atoms with Gasteiger partial charge in [-0.05, 0) is 97.5 Å². The number of nitrogens with zero attached hydrogens (tertiary/aromatic N) is 2. The summed E-state index contributed by atoms with van der Waals surface area (Å²) in [5.74, 6) is 1.41. The fraction of sp³-hybridized carbons (Fsp3) is 0.414. The first-order valence-electron chi connectivity index (χ1n) is 12.6. The molecule has 2 atom stereocenters. The normalized spacial score (nSPS) is 21.3. The number of piperidine rings is 1. The summed E-state index contributed by atoms with van der Waals surface area (Å²) in [5, 5.41) is 0. The van der Waals surface area contributed by atoms with E-state index in [2.05, 4.69) is 17.1 Å². The Morgan fingerprint density at radius 3 is 2.58 bits per heavy atom. The molecule has 3 aliphatic rings. The van der Waals surface area contributed by atoms with E-state index in [4.69, 9.17) is 4.74 Å². The van der Waals surface area contributed by atoms with Crippen molar-refractivity contribution in [1.82, 2.24) is 4.98 Å². The van der Waals surface area contributed by atoms with E-state index < -0.39 is 12.1 Å². The van der Waals surface area contributed by atoms with Crippen molar-refractivity contribution in [3.8, 4) is 16.9 Å². The minimum atomic E-state index is -4.13. The van der Waals surface area contributed by atoms with Gasteiger partial charge in [0.15, 0.2) is 0 Å². The van der Waals surface area contributed by atoms with Gasteiger partial charge in [0.05, 0.1) is 5.92 Å². The van der Waals surface area contributed by atoms with Crippen LogP contribution >= 0.6 is 0 Å². The molecule has 2 unspecified atom stereocenters. The molecule has 3 aromatic rings. The topological polar surface area (TPSA) is 25.4 Å². The molecule has 0 radical (unpaired) electrons.